The standard InChI is InChI=1S/C27H23N7O/c35-26-27(7-10-28-11-8-27)20-13-19(4-6-22(20)32-26)24-30-14-23-25(33-24)34(16-31-23)15-17-3-5-21-18(12-17)2-1-9-29-21/h1-6,9,12-14,16,28H,7-8,10-11,15H2,(H,32,35). The lowest BCUT2D eigenvalue weighted by Gasteiger charge is -2.32. The number of aromatic nitrogens is 5. The highest BCUT2D eigenvalue weighted by Crippen LogP contribution is 2.45. The molecule has 3 aromatic heterocycles. The van der Waals surface area contributed by atoms with Crippen LogP contribution in [0.1, 0.15) is 24.0 Å². The van der Waals surface area contributed by atoms with Gasteiger partial charge in [0.1, 0.15) is 5.52 Å². The Labute approximate surface area is 201 Å². The maximum atomic E-state index is 12.9. The van der Waals surface area contributed by atoms with Gasteiger partial charge in [-0.1, -0.05) is 12.1 Å². The first-order chi connectivity index (χ1) is 17.2. The summed E-state index contributed by atoms with van der Waals surface area (Å²) in [4.78, 5) is 31.3. The largest absolute Gasteiger partial charge is 0.325 e. The van der Waals surface area contributed by atoms with Gasteiger partial charge in [-0.15, -0.1) is 0 Å². The number of carbonyl (C=O) groups is 1. The Morgan fingerprint density at radius 2 is 1.89 bits per heavy atom. The summed E-state index contributed by atoms with van der Waals surface area (Å²) in [5.41, 5.74) is 6.07. The lowest BCUT2D eigenvalue weighted by molar-refractivity contribution is -0.121. The van der Waals surface area contributed by atoms with E-state index in [1.54, 1.807) is 6.20 Å². The molecule has 1 spiro atoms. The van der Waals surface area contributed by atoms with Gasteiger partial charge in [0.05, 0.1) is 30.0 Å². The summed E-state index contributed by atoms with van der Waals surface area (Å²) in [7, 11) is 0. The zero-order valence-electron chi connectivity index (χ0n) is 19.0. The zero-order chi connectivity index (χ0) is 23.4. The van der Waals surface area contributed by atoms with E-state index in [4.69, 9.17) is 4.98 Å². The number of pyridine rings is 1. The van der Waals surface area contributed by atoms with Crippen molar-refractivity contribution in [2.75, 3.05) is 18.4 Å². The molecule has 1 amide bonds. The monoisotopic (exact) mass is 461 g/mol. The summed E-state index contributed by atoms with van der Waals surface area (Å²) in [6.07, 6.45) is 6.98. The lowest BCUT2D eigenvalue weighted by Crippen LogP contribution is -2.44. The lowest BCUT2D eigenvalue weighted by atomic mass is 9.74. The molecule has 2 aliphatic rings. The summed E-state index contributed by atoms with van der Waals surface area (Å²) in [6, 6.07) is 16.4. The van der Waals surface area contributed by atoms with E-state index in [1.165, 1.54) is 0 Å². The van der Waals surface area contributed by atoms with Crippen LogP contribution in [-0.4, -0.2) is 43.5 Å². The molecular weight excluding hydrogens is 438 g/mol. The van der Waals surface area contributed by atoms with Crippen LogP contribution < -0.4 is 10.6 Å². The van der Waals surface area contributed by atoms with Gasteiger partial charge in [-0.05, 0) is 73.5 Å². The number of hydrogen-bond acceptors (Lipinski definition) is 6. The van der Waals surface area contributed by atoms with Crippen LogP contribution >= 0.6 is 0 Å². The van der Waals surface area contributed by atoms with Crippen molar-refractivity contribution in [1.29, 1.82) is 0 Å². The number of imidazole rings is 1. The van der Waals surface area contributed by atoms with E-state index in [0.717, 1.165) is 70.4 Å². The number of nitrogens with one attached hydrogen (secondary N) is 2. The van der Waals surface area contributed by atoms with Crippen LogP contribution in [0, 0.1) is 0 Å². The summed E-state index contributed by atoms with van der Waals surface area (Å²) in [6.45, 7) is 2.32. The Bertz CT molecular complexity index is 1620. The number of benzene rings is 2. The third-order valence-corrected chi connectivity index (χ3v) is 7.31. The number of fused-ring (bicyclic) bond motifs is 4. The fourth-order valence-electron chi connectivity index (χ4n) is 5.43. The van der Waals surface area contributed by atoms with Crippen molar-refractivity contribution in [3.8, 4) is 11.4 Å². The summed E-state index contributed by atoms with van der Waals surface area (Å²) >= 11 is 0. The molecule has 5 heterocycles. The molecule has 0 radical (unpaired) electrons. The Hall–Kier alpha value is -4.17. The first-order valence-electron chi connectivity index (χ1n) is 11.9. The molecule has 8 nitrogen and oxygen atoms in total. The second-order valence-corrected chi connectivity index (χ2v) is 9.35. The fourth-order valence-corrected chi connectivity index (χ4v) is 5.43. The van der Waals surface area contributed by atoms with E-state index in [1.807, 2.05) is 41.4 Å². The topological polar surface area (TPSA) is 97.6 Å². The van der Waals surface area contributed by atoms with Gasteiger partial charge in [0.2, 0.25) is 5.91 Å². The fraction of sp³-hybridized carbons (Fsp3) is 0.222. The third kappa shape index (κ3) is 3.21. The summed E-state index contributed by atoms with van der Waals surface area (Å²) < 4.78 is 2.05. The number of anilines is 1. The van der Waals surface area contributed by atoms with Crippen LogP contribution in [0.2, 0.25) is 0 Å². The van der Waals surface area contributed by atoms with Gasteiger partial charge in [-0.25, -0.2) is 15.0 Å². The molecular formula is C27H23N7O. The molecule has 2 N–H and O–H groups in total. The SMILES string of the molecule is O=C1Nc2ccc(-c3ncc4ncn(Cc5ccc6ncccc6c5)c4n3)cc2C12CCNCC2. The van der Waals surface area contributed by atoms with E-state index in [-0.39, 0.29) is 5.91 Å². The molecule has 0 saturated carbocycles. The van der Waals surface area contributed by atoms with Gasteiger partial charge in [0.15, 0.2) is 11.5 Å². The van der Waals surface area contributed by atoms with E-state index in [9.17, 15) is 4.79 Å². The Balaban J connectivity index is 1.26. The molecule has 5 aromatic rings. The van der Waals surface area contributed by atoms with Crippen molar-refractivity contribution in [3.63, 3.8) is 0 Å². The second kappa shape index (κ2) is 7.68. The predicted octanol–water partition coefficient (Wildman–Crippen LogP) is 3.66. The molecule has 0 unspecified atom stereocenters. The number of rotatable bonds is 3. The molecule has 8 heteroatoms. The minimum absolute atomic E-state index is 0.103. The number of amides is 1. The van der Waals surface area contributed by atoms with E-state index >= 15 is 0 Å². The van der Waals surface area contributed by atoms with E-state index in [0.29, 0.717) is 12.4 Å². The highest BCUT2D eigenvalue weighted by Gasteiger charge is 2.47. The molecule has 0 aliphatic carbocycles. The zero-order valence-corrected chi connectivity index (χ0v) is 19.0. The maximum Gasteiger partial charge on any atom is 0.235 e. The van der Waals surface area contributed by atoms with Crippen LogP contribution in [0.3, 0.4) is 0 Å². The van der Waals surface area contributed by atoms with Crippen molar-refractivity contribution >= 4 is 33.7 Å². The van der Waals surface area contributed by atoms with Crippen LogP contribution in [0.4, 0.5) is 5.69 Å². The molecule has 1 fully saturated rings. The van der Waals surface area contributed by atoms with Crippen LogP contribution in [0.25, 0.3) is 33.5 Å². The van der Waals surface area contributed by atoms with Gasteiger partial charge < -0.3 is 15.2 Å². The Kier molecular flexibility index (Phi) is 4.44. The summed E-state index contributed by atoms with van der Waals surface area (Å²) in [5, 5.41) is 7.56. The Morgan fingerprint density at radius 3 is 2.80 bits per heavy atom. The minimum Gasteiger partial charge on any atom is -0.325 e. The van der Waals surface area contributed by atoms with Crippen molar-refractivity contribution in [2.45, 2.75) is 24.8 Å². The van der Waals surface area contributed by atoms with Crippen molar-refractivity contribution < 1.29 is 4.79 Å². The van der Waals surface area contributed by atoms with E-state index in [2.05, 4.69) is 49.9 Å². The maximum absolute atomic E-state index is 12.9. The molecule has 35 heavy (non-hydrogen) atoms. The molecule has 172 valence electrons. The normalized spacial score (nSPS) is 16.6. The number of carbonyl (C=O) groups excluding carboxylic acids is 1. The number of nitrogens with zero attached hydrogens (tertiary/aromatic N) is 5. The smallest absolute Gasteiger partial charge is 0.235 e. The highest BCUT2D eigenvalue weighted by atomic mass is 16.2. The molecule has 1 saturated heterocycles. The van der Waals surface area contributed by atoms with Gasteiger partial charge in [0.25, 0.3) is 0 Å². The van der Waals surface area contributed by atoms with Gasteiger partial charge in [-0.3, -0.25) is 9.78 Å². The molecule has 2 aliphatic heterocycles. The predicted molar refractivity (Wildman–Crippen MR) is 134 cm³/mol. The van der Waals surface area contributed by atoms with Crippen LogP contribution in [0.5, 0.6) is 0 Å². The van der Waals surface area contributed by atoms with E-state index < -0.39 is 5.41 Å². The number of piperidine rings is 1. The highest BCUT2D eigenvalue weighted by molar-refractivity contribution is 6.06. The minimum atomic E-state index is -0.465. The molecule has 7 rings (SSSR count). The molecule has 2 aromatic carbocycles. The number of hydrogen-bond donors (Lipinski definition) is 2. The van der Waals surface area contributed by atoms with Crippen molar-refractivity contribution in [3.05, 3.63) is 78.4 Å². The Morgan fingerprint density at radius 1 is 0.971 bits per heavy atom. The van der Waals surface area contributed by atoms with Gasteiger partial charge in [0, 0.05) is 22.8 Å². The second-order valence-electron chi connectivity index (χ2n) is 9.35. The van der Waals surface area contributed by atoms with Crippen LogP contribution in [-0.2, 0) is 16.8 Å². The average molecular weight is 462 g/mol. The van der Waals surface area contributed by atoms with Crippen LogP contribution in [0.15, 0.2) is 67.3 Å². The quantitative estimate of drug-likeness (QED) is 0.426. The van der Waals surface area contributed by atoms with Crippen molar-refractivity contribution in [2.24, 2.45) is 0 Å². The molecule has 0 bridgehead atoms. The summed E-state index contributed by atoms with van der Waals surface area (Å²) in [5.74, 6) is 0.736. The average Bonchev–Trinajstić information content (AvgIpc) is 3.42. The third-order valence-electron chi connectivity index (χ3n) is 7.31. The van der Waals surface area contributed by atoms with Gasteiger partial charge >= 0.3 is 0 Å². The molecule has 0 atom stereocenters. The first kappa shape index (κ1) is 20.2. The van der Waals surface area contributed by atoms with Gasteiger partial charge in [-0.2, -0.15) is 0 Å². The first-order valence-corrected chi connectivity index (χ1v) is 11.9. The van der Waals surface area contributed by atoms with Crippen molar-refractivity contribution in [1.82, 2.24) is 29.8 Å².